The van der Waals surface area contributed by atoms with E-state index in [0.717, 1.165) is 25.2 Å². The zero-order valence-corrected chi connectivity index (χ0v) is 14.5. The second-order valence-corrected chi connectivity index (χ2v) is 9.53. The van der Waals surface area contributed by atoms with Crippen LogP contribution >= 0.6 is 0 Å². The molecule has 0 aromatic carbocycles. The Morgan fingerprint density at radius 3 is 2.39 bits per heavy atom. The van der Waals surface area contributed by atoms with Crippen LogP contribution in [0.3, 0.4) is 0 Å². The topological polar surface area (TPSA) is 64.2 Å². The number of aliphatic hydroxyl groups excluding tert-OH is 2. The molecule has 0 heterocycles. The van der Waals surface area contributed by atoms with E-state index in [4.69, 9.17) is 0 Å². The Bertz CT molecular complexity index is 528. The highest BCUT2D eigenvalue weighted by Crippen LogP contribution is 2.67. The summed E-state index contributed by atoms with van der Waals surface area (Å²) in [6.07, 6.45) is 7.66. The molecule has 0 aromatic rings. The lowest BCUT2D eigenvalue weighted by Gasteiger charge is -2.61. The standard InChI is InChI=1S/C20H31NO2/c1-19-8-7-16-14(15(19)6-4-13(19)11-21)5-3-12-9-17(22)18(23)10-20(12,16)2/h12-18,22-23H,3-10H2,1-2H3. The van der Waals surface area contributed by atoms with Gasteiger partial charge in [0, 0.05) is 0 Å². The predicted octanol–water partition coefficient (Wildman–Crippen LogP) is 3.50. The van der Waals surface area contributed by atoms with Crippen molar-refractivity contribution in [2.75, 3.05) is 0 Å². The van der Waals surface area contributed by atoms with Crippen molar-refractivity contribution in [1.82, 2.24) is 0 Å². The number of aliphatic hydroxyl groups is 2. The molecule has 9 unspecified atom stereocenters. The van der Waals surface area contributed by atoms with Gasteiger partial charge in [0.15, 0.2) is 0 Å². The fraction of sp³-hybridized carbons (Fsp3) is 0.950. The highest BCUT2D eigenvalue weighted by molar-refractivity contribution is 5.13. The van der Waals surface area contributed by atoms with E-state index >= 15 is 0 Å². The monoisotopic (exact) mass is 317 g/mol. The van der Waals surface area contributed by atoms with Crippen molar-refractivity contribution < 1.29 is 10.2 Å². The van der Waals surface area contributed by atoms with Crippen LogP contribution in [0.2, 0.25) is 0 Å². The molecule has 23 heavy (non-hydrogen) atoms. The summed E-state index contributed by atoms with van der Waals surface area (Å²) in [5, 5.41) is 30.0. The van der Waals surface area contributed by atoms with E-state index in [2.05, 4.69) is 19.9 Å². The second kappa shape index (κ2) is 5.20. The Morgan fingerprint density at radius 1 is 0.913 bits per heavy atom. The first-order valence-electron chi connectivity index (χ1n) is 9.66. The minimum atomic E-state index is -0.543. The third-order valence-electron chi connectivity index (χ3n) is 8.84. The zero-order chi connectivity index (χ0) is 16.4. The van der Waals surface area contributed by atoms with Crippen LogP contribution < -0.4 is 0 Å². The molecule has 0 saturated heterocycles. The molecule has 0 aromatic heterocycles. The highest BCUT2D eigenvalue weighted by Gasteiger charge is 2.61. The molecule has 0 amide bonds. The minimum Gasteiger partial charge on any atom is -0.390 e. The first-order chi connectivity index (χ1) is 10.9. The highest BCUT2D eigenvalue weighted by atomic mass is 16.3. The van der Waals surface area contributed by atoms with E-state index in [1.165, 1.54) is 32.1 Å². The summed E-state index contributed by atoms with van der Waals surface area (Å²) in [5.41, 5.74) is 0.416. The van der Waals surface area contributed by atoms with Gasteiger partial charge in [0.25, 0.3) is 0 Å². The van der Waals surface area contributed by atoms with Gasteiger partial charge in [-0.05, 0) is 85.9 Å². The van der Waals surface area contributed by atoms with Crippen LogP contribution in [0, 0.1) is 51.8 Å². The van der Waals surface area contributed by atoms with Crippen LogP contribution in [0.4, 0.5) is 0 Å². The van der Waals surface area contributed by atoms with Gasteiger partial charge in [-0.2, -0.15) is 5.26 Å². The number of nitrogens with zero attached hydrogens (tertiary/aromatic N) is 1. The third-order valence-corrected chi connectivity index (χ3v) is 8.84. The maximum Gasteiger partial charge on any atom is 0.0804 e. The molecular weight excluding hydrogens is 286 g/mol. The first kappa shape index (κ1) is 15.9. The van der Waals surface area contributed by atoms with Gasteiger partial charge in [0.1, 0.15) is 0 Å². The van der Waals surface area contributed by atoms with E-state index in [1.54, 1.807) is 0 Å². The summed E-state index contributed by atoms with van der Waals surface area (Å²) in [6.45, 7) is 4.77. The van der Waals surface area contributed by atoms with E-state index in [0.29, 0.717) is 17.8 Å². The summed E-state index contributed by atoms with van der Waals surface area (Å²) in [4.78, 5) is 0. The van der Waals surface area contributed by atoms with Crippen LogP contribution in [0.15, 0.2) is 0 Å². The van der Waals surface area contributed by atoms with Crippen molar-refractivity contribution >= 4 is 0 Å². The minimum absolute atomic E-state index is 0.188. The van der Waals surface area contributed by atoms with Crippen LogP contribution in [0.1, 0.15) is 65.2 Å². The Labute approximate surface area is 140 Å². The fourth-order valence-electron chi connectivity index (χ4n) is 7.49. The molecule has 9 atom stereocenters. The quantitative estimate of drug-likeness (QED) is 0.718. The molecule has 3 heteroatoms. The van der Waals surface area contributed by atoms with Crippen molar-refractivity contribution in [1.29, 1.82) is 5.26 Å². The second-order valence-electron chi connectivity index (χ2n) is 9.53. The van der Waals surface area contributed by atoms with Gasteiger partial charge in [0.2, 0.25) is 0 Å². The van der Waals surface area contributed by atoms with Crippen molar-refractivity contribution in [2.45, 2.75) is 77.4 Å². The summed E-state index contributed by atoms with van der Waals surface area (Å²) in [6, 6.07) is 2.60. The lowest BCUT2D eigenvalue weighted by Crippen LogP contribution is -2.56. The number of fused-ring (bicyclic) bond motifs is 5. The molecule has 0 spiro atoms. The largest absolute Gasteiger partial charge is 0.390 e. The molecule has 4 aliphatic rings. The van der Waals surface area contributed by atoms with E-state index in [9.17, 15) is 15.5 Å². The summed E-state index contributed by atoms with van der Waals surface area (Å²) < 4.78 is 0. The molecule has 4 fully saturated rings. The van der Waals surface area contributed by atoms with Crippen LogP contribution in [-0.2, 0) is 0 Å². The number of nitriles is 1. The maximum absolute atomic E-state index is 10.3. The van der Waals surface area contributed by atoms with Gasteiger partial charge >= 0.3 is 0 Å². The van der Waals surface area contributed by atoms with Crippen LogP contribution in [-0.4, -0.2) is 22.4 Å². The van der Waals surface area contributed by atoms with E-state index in [-0.39, 0.29) is 16.7 Å². The fourth-order valence-corrected chi connectivity index (χ4v) is 7.49. The third kappa shape index (κ3) is 2.07. The van der Waals surface area contributed by atoms with Gasteiger partial charge < -0.3 is 10.2 Å². The normalized spacial score (nSPS) is 58.7. The number of rotatable bonds is 0. The average Bonchev–Trinajstić information content (AvgIpc) is 2.85. The number of hydrogen-bond acceptors (Lipinski definition) is 3. The van der Waals surface area contributed by atoms with Crippen molar-refractivity contribution in [3.63, 3.8) is 0 Å². The lowest BCUT2D eigenvalue weighted by molar-refractivity contribution is -0.157. The Hall–Kier alpha value is -0.590. The molecule has 3 nitrogen and oxygen atoms in total. The van der Waals surface area contributed by atoms with Crippen molar-refractivity contribution in [2.24, 2.45) is 40.4 Å². The SMILES string of the molecule is CC12CCC3C(CCC4CC(O)C(O)CC43C)C1CCC2C#N. The smallest absolute Gasteiger partial charge is 0.0804 e. The van der Waals surface area contributed by atoms with Gasteiger partial charge in [-0.1, -0.05) is 13.8 Å². The maximum atomic E-state index is 10.3. The lowest BCUT2D eigenvalue weighted by atomic mass is 9.44. The van der Waals surface area contributed by atoms with Crippen molar-refractivity contribution in [3.8, 4) is 6.07 Å². The van der Waals surface area contributed by atoms with Crippen LogP contribution in [0.25, 0.3) is 0 Å². The Morgan fingerprint density at radius 2 is 1.65 bits per heavy atom. The molecular formula is C20H31NO2. The molecule has 128 valence electrons. The zero-order valence-electron chi connectivity index (χ0n) is 14.5. The first-order valence-corrected chi connectivity index (χ1v) is 9.66. The predicted molar refractivity (Wildman–Crippen MR) is 88.2 cm³/mol. The number of hydrogen-bond donors (Lipinski definition) is 2. The van der Waals surface area contributed by atoms with Gasteiger partial charge in [-0.3, -0.25) is 0 Å². The van der Waals surface area contributed by atoms with E-state index in [1.807, 2.05) is 0 Å². The molecule has 2 N–H and O–H groups in total. The Balaban J connectivity index is 1.63. The summed E-state index contributed by atoms with van der Waals surface area (Å²) in [7, 11) is 0. The molecule has 4 saturated carbocycles. The van der Waals surface area contributed by atoms with Gasteiger partial charge in [0.05, 0.1) is 24.2 Å². The van der Waals surface area contributed by atoms with E-state index < -0.39 is 12.2 Å². The van der Waals surface area contributed by atoms with Crippen molar-refractivity contribution in [3.05, 3.63) is 0 Å². The molecule has 4 rings (SSSR count). The van der Waals surface area contributed by atoms with Crippen LogP contribution in [0.5, 0.6) is 0 Å². The molecule has 0 aliphatic heterocycles. The Kier molecular flexibility index (Phi) is 3.60. The summed E-state index contributed by atoms with van der Waals surface area (Å²) >= 11 is 0. The van der Waals surface area contributed by atoms with Gasteiger partial charge in [-0.15, -0.1) is 0 Å². The van der Waals surface area contributed by atoms with Gasteiger partial charge in [-0.25, -0.2) is 0 Å². The molecule has 0 bridgehead atoms. The molecule has 0 radical (unpaired) electrons. The average molecular weight is 317 g/mol. The summed E-state index contributed by atoms with van der Waals surface area (Å²) in [5.74, 6) is 2.93. The molecule has 4 aliphatic carbocycles.